The Hall–Kier alpha value is -4.68. The highest BCUT2D eigenvalue weighted by Crippen LogP contribution is 2.73. The zero-order chi connectivity index (χ0) is 95.4. The highest BCUT2D eigenvalue weighted by molar-refractivity contribution is 5.80. The number of fused-ring (bicyclic) bond motifs is 6. The Labute approximate surface area is 738 Å². The minimum absolute atomic E-state index is 0.0104. The average molecular weight is 1870 g/mol. The quantitative estimate of drug-likeness (QED) is 0.0321. The third-order valence-electron chi connectivity index (χ3n) is 27.5. The Kier molecular flexibility index (Phi) is 34.3. The maximum atomic E-state index is 13.7. The third-order valence-corrected chi connectivity index (χ3v) is 27.5. The van der Waals surface area contributed by atoms with Crippen molar-refractivity contribution >= 4 is 35.8 Å². The molecule has 6 spiro atoms. The fourth-order valence-corrected chi connectivity index (χ4v) is 18.8. The molecule has 8 saturated carbocycles. The van der Waals surface area contributed by atoms with Gasteiger partial charge in [0.2, 0.25) is 51.7 Å². The minimum Gasteiger partial charge on any atom is -0.456 e. The van der Waals surface area contributed by atoms with Crippen LogP contribution < -0.4 is 0 Å². The Morgan fingerprint density at radius 1 is 0.352 bits per heavy atom. The number of alkyl halides is 10. The van der Waals surface area contributed by atoms with Gasteiger partial charge in [-0.1, -0.05) is 20.8 Å². The zero-order valence-corrected chi connectivity index (χ0v) is 75.3. The summed E-state index contributed by atoms with van der Waals surface area (Å²) in [4.78, 5) is 70.5. The lowest BCUT2D eigenvalue weighted by Crippen LogP contribution is -2.60. The first-order valence-corrected chi connectivity index (χ1v) is 44.2. The predicted molar refractivity (Wildman–Crippen MR) is 420 cm³/mol. The van der Waals surface area contributed by atoms with Gasteiger partial charge < -0.3 is 126 Å². The number of halogens is 10. The highest BCUT2D eigenvalue weighted by Gasteiger charge is 2.79. The fraction of sp³-hybridized carbons (Fsp3) is 0.930. The van der Waals surface area contributed by atoms with Crippen LogP contribution in [0.15, 0.2) is 0 Å². The van der Waals surface area contributed by atoms with Gasteiger partial charge in [0, 0.05) is 62.7 Å². The maximum absolute atomic E-state index is 13.7. The van der Waals surface area contributed by atoms with Gasteiger partial charge in [0.1, 0.15) is 24.4 Å². The van der Waals surface area contributed by atoms with Crippen molar-refractivity contribution in [3.8, 4) is 0 Å². The summed E-state index contributed by atoms with van der Waals surface area (Å²) in [5.41, 5.74) is -11.4. The van der Waals surface area contributed by atoms with Crippen molar-refractivity contribution in [1.29, 1.82) is 0 Å². The van der Waals surface area contributed by atoms with Gasteiger partial charge in [0.15, 0.2) is 42.0 Å². The first-order chi connectivity index (χ1) is 59.4. The van der Waals surface area contributed by atoms with E-state index in [0.717, 1.165) is 126 Å². The molecule has 14 rings (SSSR count). The first-order valence-electron chi connectivity index (χ1n) is 44.2. The molecule has 18 atom stereocenters. The molecule has 0 aromatic heterocycles. The lowest BCUT2D eigenvalue weighted by atomic mass is 9.68. The van der Waals surface area contributed by atoms with E-state index >= 15 is 0 Å². The minimum atomic E-state index is -4.73. The second kappa shape index (κ2) is 41.1. The van der Waals surface area contributed by atoms with Crippen LogP contribution in [-0.4, -0.2) is 313 Å². The third kappa shape index (κ3) is 22.8. The van der Waals surface area contributed by atoms with Gasteiger partial charge in [-0.25, -0.2) is 37.1 Å². The standard InChI is InChI=1S/C16H25F3O6.C16H24F2O5.C15H25FO6.C13H18F2O5.2C13H21FO5/c1-13(2,16(17,18)19)12(22)25-11-5-3-4-6-15(11)23-9-14(7-20,8-21)10-24-15;1-13(2)10-5-6-14(13,3)16(21-8-9(7-19)23-16)11(10)22-12(20)15(4,17)18;1-13(2,16)12(19)22-11-5-3-4-6-15(11)20-9-14(7-17,8-18)10-21-15;1-12(14,15)11(17)19-10-7-2-3-8(4-7)13(10)18-6-9(5-16)20-13;2*1-12(2,14)11(16)18-10-5-3-4-6-13(10)17-8-9(7-15)19-13/h11,20-21H,3-10H2,1-2H3;9-11,19H,5-8H2,1-4H3;11,17-18H,3-10H2,1-2H3;7-10,16H,2-6H2,1H3;2*9-10,15H,3-8H2,1-2H3. The summed E-state index contributed by atoms with van der Waals surface area (Å²) >= 11 is 0. The second-order valence-electron chi connectivity index (χ2n) is 39.4. The lowest BCUT2D eigenvalue weighted by Gasteiger charge is -2.49. The smallest absolute Gasteiger partial charge is 0.404 e. The number of carbonyl (C=O) groups excluding carboxylic acids is 6. The van der Waals surface area contributed by atoms with Crippen LogP contribution in [0.3, 0.4) is 0 Å². The van der Waals surface area contributed by atoms with Gasteiger partial charge in [-0.3, -0.25) is 4.79 Å². The Morgan fingerprint density at radius 2 is 0.688 bits per heavy atom. The topological polar surface area (TPSA) is 430 Å². The number of ether oxygens (including phenoxy) is 18. The molecule has 0 radical (unpaired) electrons. The van der Waals surface area contributed by atoms with Crippen LogP contribution in [0, 0.1) is 44.8 Å². The van der Waals surface area contributed by atoms with E-state index in [1.165, 1.54) is 0 Å². The van der Waals surface area contributed by atoms with Crippen LogP contribution in [0.2, 0.25) is 0 Å². The molecule has 0 amide bonds. The van der Waals surface area contributed by atoms with Gasteiger partial charge >= 0.3 is 53.8 Å². The molecular formula is C86H134F10O32. The van der Waals surface area contributed by atoms with Gasteiger partial charge in [-0.2, -0.15) is 30.7 Å². The average Bonchev–Trinajstić information content (AvgIpc) is 1.50. The largest absolute Gasteiger partial charge is 0.456 e. The number of rotatable bonds is 20. The van der Waals surface area contributed by atoms with Crippen molar-refractivity contribution in [2.75, 3.05) is 106 Å². The number of aliphatic hydroxyl groups is 8. The highest BCUT2D eigenvalue weighted by atomic mass is 19.4. The summed E-state index contributed by atoms with van der Waals surface area (Å²) in [6, 6.07) is 0. The van der Waals surface area contributed by atoms with Crippen LogP contribution in [-0.2, 0) is 114 Å². The van der Waals surface area contributed by atoms with Crippen LogP contribution in [0.5, 0.6) is 0 Å². The summed E-state index contributed by atoms with van der Waals surface area (Å²) in [5, 5.41) is 74.3. The maximum Gasteiger partial charge on any atom is 0.404 e. The molecule has 740 valence electrons. The van der Waals surface area contributed by atoms with Crippen molar-refractivity contribution in [3.63, 3.8) is 0 Å². The molecule has 0 aromatic rings. The summed E-state index contributed by atoms with van der Waals surface area (Å²) in [5.74, 6) is -21.3. The monoisotopic (exact) mass is 1870 g/mol. The van der Waals surface area contributed by atoms with E-state index in [4.69, 9.17) is 101 Å². The zero-order valence-electron chi connectivity index (χ0n) is 75.3. The molecule has 6 aliphatic heterocycles. The van der Waals surface area contributed by atoms with E-state index in [1.807, 2.05) is 20.8 Å². The Bertz CT molecular complexity index is 3610. The van der Waals surface area contributed by atoms with Crippen molar-refractivity contribution < 1.29 is 199 Å². The first kappa shape index (κ1) is 107. The van der Waals surface area contributed by atoms with Crippen molar-refractivity contribution in [1.82, 2.24) is 0 Å². The van der Waals surface area contributed by atoms with Gasteiger partial charge in [0.05, 0.1) is 117 Å². The number of hydrogen-bond donors (Lipinski definition) is 8. The van der Waals surface area contributed by atoms with Gasteiger partial charge in [-0.05, 0) is 170 Å². The Morgan fingerprint density at radius 3 is 1.02 bits per heavy atom. The number of esters is 6. The SMILES string of the molecule is CC(C)(C(=O)OC1CCCCC12OCC(CO)(CO)CO2)C(F)(F)F.CC(C)(F)C(=O)OC1CCCCC12OCC(CO)(CO)CO2.CC(C)(F)C(=O)OC1CCCCC12OCC(CO)O2.CC(C)(F)C(=O)OC1CCCCC12OCC(CO)O2.CC(F)(F)C(=O)OC1C2CCC(C)(C2(C)C)C12OCC(CO)O2.CC(F)(F)C(=O)OC1C2CCC(C2)C12OCC(CO)O2. The molecule has 0 aromatic carbocycles. The number of carbonyl (C=O) groups is 6. The molecule has 32 nitrogen and oxygen atoms in total. The van der Waals surface area contributed by atoms with E-state index in [2.05, 4.69) is 0 Å². The van der Waals surface area contributed by atoms with Crippen LogP contribution in [0.25, 0.3) is 0 Å². The van der Waals surface area contributed by atoms with E-state index in [1.54, 1.807) is 0 Å². The Balaban J connectivity index is 0.000000174. The van der Waals surface area contributed by atoms with E-state index < -0.39 is 188 Å². The second-order valence-corrected chi connectivity index (χ2v) is 39.4. The molecule has 14 aliphatic rings. The molecule has 6 saturated heterocycles. The van der Waals surface area contributed by atoms with Gasteiger partial charge in [-0.15, -0.1) is 0 Å². The summed E-state index contributed by atoms with van der Waals surface area (Å²) < 4.78 is 233. The molecule has 6 heterocycles. The summed E-state index contributed by atoms with van der Waals surface area (Å²) in [6.45, 7) is 14.7. The van der Waals surface area contributed by atoms with Crippen molar-refractivity contribution in [2.24, 2.45) is 44.8 Å². The molecule has 8 N–H and O–H groups in total. The van der Waals surface area contributed by atoms with Crippen molar-refractivity contribution in [3.05, 3.63) is 0 Å². The summed E-state index contributed by atoms with van der Waals surface area (Å²) in [6.07, 6.45) is 3.54. The van der Waals surface area contributed by atoms with E-state index in [-0.39, 0.29) is 129 Å². The molecule has 18 unspecified atom stereocenters. The van der Waals surface area contributed by atoms with Crippen molar-refractivity contribution in [2.45, 2.75) is 356 Å². The molecule has 14 fully saturated rings. The fourth-order valence-electron chi connectivity index (χ4n) is 18.8. The molecule has 4 bridgehead atoms. The summed E-state index contributed by atoms with van der Waals surface area (Å²) in [7, 11) is 0. The molecular weight excluding hydrogens is 1730 g/mol. The predicted octanol–water partition coefficient (Wildman–Crippen LogP) is 8.56. The van der Waals surface area contributed by atoms with E-state index in [0.29, 0.717) is 78.1 Å². The number of hydrogen-bond acceptors (Lipinski definition) is 32. The normalized spacial score (nSPS) is 35.3. The van der Waals surface area contributed by atoms with Crippen LogP contribution >= 0.6 is 0 Å². The molecule has 8 aliphatic carbocycles. The van der Waals surface area contributed by atoms with Crippen LogP contribution in [0.1, 0.15) is 225 Å². The van der Waals surface area contributed by atoms with Gasteiger partial charge in [0.25, 0.3) is 0 Å². The molecule has 42 heteroatoms. The molecule has 128 heavy (non-hydrogen) atoms. The van der Waals surface area contributed by atoms with Crippen LogP contribution in [0.4, 0.5) is 43.9 Å². The number of aliphatic hydroxyl groups excluding tert-OH is 8. The lowest BCUT2D eigenvalue weighted by molar-refractivity contribution is -0.355. The van der Waals surface area contributed by atoms with E-state index in [9.17, 15) is 98.2 Å².